The summed E-state index contributed by atoms with van der Waals surface area (Å²) in [6.07, 6.45) is 0.598. The van der Waals surface area contributed by atoms with Crippen molar-refractivity contribution in [2.75, 3.05) is 7.05 Å². The molecule has 4 heteroatoms. The first-order chi connectivity index (χ1) is 7.09. The Bertz CT molecular complexity index is 377. The monoisotopic (exact) mass is 208 g/mol. The standard InChI is InChI=1S/C11H13FN2O/c1-14-10(6-9(13)11(14)15)7-2-4-8(12)5-3-7/h2-5,9-10H,6,13H2,1H3/t9-,10-/m0/s1. The van der Waals surface area contributed by atoms with Gasteiger partial charge in [-0.3, -0.25) is 4.79 Å². The van der Waals surface area contributed by atoms with E-state index in [1.807, 2.05) is 0 Å². The van der Waals surface area contributed by atoms with Gasteiger partial charge in [0, 0.05) is 7.05 Å². The molecule has 3 nitrogen and oxygen atoms in total. The Morgan fingerprint density at radius 3 is 2.47 bits per heavy atom. The zero-order valence-electron chi connectivity index (χ0n) is 8.48. The lowest BCUT2D eigenvalue weighted by molar-refractivity contribution is -0.128. The van der Waals surface area contributed by atoms with Gasteiger partial charge in [-0.2, -0.15) is 0 Å². The lowest BCUT2D eigenvalue weighted by Gasteiger charge is -2.19. The van der Waals surface area contributed by atoms with E-state index in [1.165, 1.54) is 12.1 Å². The number of nitrogens with two attached hydrogens (primary N) is 1. The predicted octanol–water partition coefficient (Wildman–Crippen LogP) is 1.06. The molecular formula is C11H13FN2O. The zero-order chi connectivity index (χ0) is 11.0. The van der Waals surface area contributed by atoms with Crippen LogP contribution >= 0.6 is 0 Å². The van der Waals surface area contributed by atoms with Gasteiger partial charge in [0.15, 0.2) is 0 Å². The summed E-state index contributed by atoms with van der Waals surface area (Å²) < 4.78 is 12.7. The number of hydrogen-bond donors (Lipinski definition) is 1. The summed E-state index contributed by atoms with van der Waals surface area (Å²) in [5, 5.41) is 0. The van der Waals surface area contributed by atoms with Crippen LogP contribution in [0.15, 0.2) is 24.3 Å². The van der Waals surface area contributed by atoms with E-state index in [0.29, 0.717) is 6.42 Å². The van der Waals surface area contributed by atoms with Crippen LogP contribution in [0.3, 0.4) is 0 Å². The highest BCUT2D eigenvalue weighted by molar-refractivity contribution is 5.84. The molecule has 0 bridgehead atoms. The Labute approximate surface area is 87.7 Å². The van der Waals surface area contributed by atoms with Gasteiger partial charge in [-0.05, 0) is 24.1 Å². The Morgan fingerprint density at radius 2 is 2.00 bits per heavy atom. The van der Waals surface area contributed by atoms with Gasteiger partial charge in [-0.25, -0.2) is 4.39 Å². The van der Waals surface area contributed by atoms with Gasteiger partial charge in [-0.1, -0.05) is 12.1 Å². The fourth-order valence-corrected chi connectivity index (χ4v) is 1.96. The van der Waals surface area contributed by atoms with Crippen LogP contribution in [0.5, 0.6) is 0 Å². The van der Waals surface area contributed by atoms with E-state index in [9.17, 15) is 9.18 Å². The van der Waals surface area contributed by atoms with Gasteiger partial charge in [0.25, 0.3) is 0 Å². The smallest absolute Gasteiger partial charge is 0.239 e. The quantitative estimate of drug-likeness (QED) is 0.750. The van der Waals surface area contributed by atoms with Gasteiger partial charge in [0.1, 0.15) is 5.82 Å². The molecule has 1 fully saturated rings. The molecule has 1 aromatic carbocycles. The summed E-state index contributed by atoms with van der Waals surface area (Å²) >= 11 is 0. The highest BCUT2D eigenvalue weighted by atomic mass is 19.1. The van der Waals surface area contributed by atoms with Gasteiger partial charge >= 0.3 is 0 Å². The molecular weight excluding hydrogens is 195 g/mol. The van der Waals surface area contributed by atoms with Crippen LogP contribution in [0, 0.1) is 5.82 Å². The predicted molar refractivity (Wildman–Crippen MR) is 54.5 cm³/mol. The maximum Gasteiger partial charge on any atom is 0.239 e. The van der Waals surface area contributed by atoms with Crippen molar-refractivity contribution in [3.63, 3.8) is 0 Å². The molecule has 15 heavy (non-hydrogen) atoms. The molecule has 0 spiro atoms. The molecule has 0 unspecified atom stereocenters. The van der Waals surface area contributed by atoms with Gasteiger partial charge in [0.05, 0.1) is 12.1 Å². The van der Waals surface area contributed by atoms with Crippen molar-refractivity contribution in [2.24, 2.45) is 5.73 Å². The lowest BCUT2D eigenvalue weighted by Crippen LogP contribution is -2.31. The lowest BCUT2D eigenvalue weighted by atomic mass is 10.0. The van der Waals surface area contributed by atoms with Crippen molar-refractivity contribution in [3.8, 4) is 0 Å². The van der Waals surface area contributed by atoms with E-state index >= 15 is 0 Å². The maximum atomic E-state index is 12.7. The molecule has 80 valence electrons. The van der Waals surface area contributed by atoms with Crippen LogP contribution in [0.4, 0.5) is 4.39 Å². The number of halogens is 1. The van der Waals surface area contributed by atoms with Crippen molar-refractivity contribution in [2.45, 2.75) is 18.5 Å². The highest BCUT2D eigenvalue weighted by Crippen LogP contribution is 2.30. The first-order valence-electron chi connectivity index (χ1n) is 4.87. The number of nitrogens with zero attached hydrogens (tertiary/aromatic N) is 1. The first-order valence-corrected chi connectivity index (χ1v) is 4.87. The second-order valence-corrected chi connectivity index (χ2v) is 3.86. The highest BCUT2D eigenvalue weighted by Gasteiger charge is 2.35. The largest absolute Gasteiger partial charge is 0.337 e. The van der Waals surface area contributed by atoms with Gasteiger partial charge in [0.2, 0.25) is 5.91 Å². The van der Waals surface area contributed by atoms with Gasteiger partial charge in [-0.15, -0.1) is 0 Å². The summed E-state index contributed by atoms with van der Waals surface area (Å²) in [4.78, 5) is 13.1. The van der Waals surface area contributed by atoms with Crippen molar-refractivity contribution in [1.82, 2.24) is 4.90 Å². The fourth-order valence-electron chi connectivity index (χ4n) is 1.96. The van der Waals surface area contributed by atoms with E-state index in [0.717, 1.165) is 5.56 Å². The molecule has 2 N–H and O–H groups in total. The molecule has 0 saturated carbocycles. The van der Waals surface area contributed by atoms with E-state index in [2.05, 4.69) is 0 Å². The topological polar surface area (TPSA) is 46.3 Å². The van der Waals surface area contributed by atoms with Crippen LogP contribution in [0.2, 0.25) is 0 Å². The normalized spacial score (nSPS) is 26.1. The van der Waals surface area contributed by atoms with Crippen molar-refractivity contribution in [1.29, 1.82) is 0 Å². The number of likely N-dealkylation sites (N-methyl/N-ethyl adjacent to an activating group) is 1. The van der Waals surface area contributed by atoms with Crippen molar-refractivity contribution < 1.29 is 9.18 Å². The molecule has 1 aliphatic rings. The molecule has 2 atom stereocenters. The second-order valence-electron chi connectivity index (χ2n) is 3.86. The minimum Gasteiger partial charge on any atom is -0.337 e. The van der Waals surface area contributed by atoms with Crippen LogP contribution in [-0.4, -0.2) is 23.9 Å². The SMILES string of the molecule is CN1C(=O)[C@@H](N)C[C@H]1c1ccc(F)cc1. The number of rotatable bonds is 1. The van der Waals surface area contributed by atoms with E-state index in [4.69, 9.17) is 5.73 Å². The van der Waals surface area contributed by atoms with Crippen LogP contribution in [0.25, 0.3) is 0 Å². The van der Waals surface area contributed by atoms with Gasteiger partial charge < -0.3 is 10.6 Å². The summed E-state index contributed by atoms with van der Waals surface area (Å²) in [5.74, 6) is -0.320. The van der Waals surface area contributed by atoms with E-state index in [-0.39, 0.29) is 17.8 Å². The molecule has 1 saturated heterocycles. The summed E-state index contributed by atoms with van der Waals surface area (Å²) in [6.45, 7) is 0. The third-order valence-electron chi connectivity index (χ3n) is 2.86. The van der Waals surface area contributed by atoms with E-state index < -0.39 is 6.04 Å². The second kappa shape index (κ2) is 3.62. The molecule has 1 aromatic rings. The van der Waals surface area contributed by atoms with E-state index in [1.54, 1.807) is 24.1 Å². The minimum absolute atomic E-state index is 0.0203. The Kier molecular flexibility index (Phi) is 2.44. The van der Waals surface area contributed by atoms with Crippen molar-refractivity contribution >= 4 is 5.91 Å². The maximum absolute atomic E-state index is 12.7. The summed E-state index contributed by atoms with van der Waals surface area (Å²) in [5.41, 5.74) is 6.59. The molecule has 1 amide bonds. The number of benzene rings is 1. The zero-order valence-corrected chi connectivity index (χ0v) is 8.48. The number of carbonyl (C=O) groups excluding carboxylic acids is 1. The number of hydrogen-bond acceptors (Lipinski definition) is 2. The Hall–Kier alpha value is -1.42. The molecule has 2 rings (SSSR count). The summed E-state index contributed by atoms with van der Waals surface area (Å²) in [7, 11) is 1.73. The number of carbonyl (C=O) groups is 1. The number of likely N-dealkylation sites (tertiary alicyclic amines) is 1. The van der Waals surface area contributed by atoms with Crippen LogP contribution in [0.1, 0.15) is 18.0 Å². The summed E-state index contributed by atoms with van der Waals surface area (Å²) in [6, 6.07) is 5.75. The fraction of sp³-hybridized carbons (Fsp3) is 0.364. The molecule has 1 heterocycles. The third kappa shape index (κ3) is 1.72. The van der Waals surface area contributed by atoms with Crippen LogP contribution in [-0.2, 0) is 4.79 Å². The first kappa shape index (κ1) is 10.1. The number of amides is 1. The molecule has 0 aliphatic carbocycles. The Balaban J connectivity index is 2.25. The average molecular weight is 208 g/mol. The van der Waals surface area contributed by atoms with Crippen LogP contribution < -0.4 is 5.73 Å². The average Bonchev–Trinajstić information content (AvgIpc) is 2.47. The van der Waals surface area contributed by atoms with Crippen molar-refractivity contribution in [3.05, 3.63) is 35.6 Å². The molecule has 0 aromatic heterocycles. The third-order valence-corrected chi connectivity index (χ3v) is 2.86. The molecule has 1 aliphatic heterocycles. The minimum atomic E-state index is -0.426. The molecule has 0 radical (unpaired) electrons. The Morgan fingerprint density at radius 1 is 1.40 bits per heavy atom.